The van der Waals surface area contributed by atoms with Crippen molar-refractivity contribution in [2.45, 2.75) is 44.3 Å². The second-order valence-corrected chi connectivity index (χ2v) is 8.55. The number of carbonyl (C=O) groups excluding carboxylic acids is 1. The monoisotopic (exact) mass is 435 g/mol. The van der Waals surface area contributed by atoms with Crippen molar-refractivity contribution in [2.75, 3.05) is 24.3 Å². The van der Waals surface area contributed by atoms with Crippen LogP contribution in [0.15, 0.2) is 54.6 Å². The van der Waals surface area contributed by atoms with Crippen LogP contribution in [0.25, 0.3) is 10.9 Å². The highest BCUT2D eigenvalue weighted by molar-refractivity contribution is 5.93. The van der Waals surface area contributed by atoms with E-state index in [1.807, 2.05) is 32.3 Å². The van der Waals surface area contributed by atoms with E-state index in [4.69, 9.17) is 4.98 Å². The molecule has 7 heteroatoms. The number of urea groups is 1. The highest BCUT2D eigenvalue weighted by atomic mass is 19.1. The number of fused-ring (bicyclic) bond motifs is 1. The van der Waals surface area contributed by atoms with Crippen LogP contribution in [0.1, 0.15) is 31.2 Å². The zero-order chi connectivity index (χ0) is 22.5. The van der Waals surface area contributed by atoms with E-state index in [9.17, 15) is 9.18 Å². The fraction of sp³-hybridized carbons (Fsp3) is 0.360. The van der Waals surface area contributed by atoms with Gasteiger partial charge in [0.15, 0.2) is 0 Å². The Labute approximate surface area is 188 Å². The predicted octanol–water partition coefficient (Wildman–Crippen LogP) is 4.66. The molecule has 6 nitrogen and oxygen atoms in total. The van der Waals surface area contributed by atoms with Gasteiger partial charge in [-0.05, 0) is 37.8 Å². The Morgan fingerprint density at radius 1 is 1.03 bits per heavy atom. The summed E-state index contributed by atoms with van der Waals surface area (Å²) >= 11 is 0. The topological polar surface area (TPSA) is 69.3 Å². The molecule has 0 aliphatic heterocycles. The molecule has 168 valence electrons. The van der Waals surface area contributed by atoms with E-state index < -0.39 is 0 Å². The zero-order valence-electron chi connectivity index (χ0n) is 18.6. The van der Waals surface area contributed by atoms with Gasteiger partial charge in [0, 0.05) is 55.4 Å². The Morgan fingerprint density at radius 3 is 2.47 bits per heavy atom. The van der Waals surface area contributed by atoms with Crippen molar-refractivity contribution < 1.29 is 9.18 Å². The molecule has 0 unspecified atom stereocenters. The fourth-order valence-corrected chi connectivity index (χ4v) is 4.25. The third kappa shape index (κ3) is 5.28. The lowest BCUT2D eigenvalue weighted by atomic mass is 9.91. The number of benzene rings is 2. The number of hydrogen-bond donors (Lipinski definition) is 3. The van der Waals surface area contributed by atoms with E-state index >= 15 is 0 Å². The summed E-state index contributed by atoms with van der Waals surface area (Å²) in [5, 5.41) is 10.5. The number of halogens is 1. The summed E-state index contributed by atoms with van der Waals surface area (Å²) in [5.74, 6) is 0.575. The van der Waals surface area contributed by atoms with Crippen LogP contribution in [-0.4, -0.2) is 37.2 Å². The van der Waals surface area contributed by atoms with Gasteiger partial charge in [0.1, 0.15) is 11.6 Å². The second-order valence-electron chi connectivity index (χ2n) is 8.55. The normalized spacial score (nSPS) is 18.2. The molecule has 2 aromatic carbocycles. The number of nitrogens with zero attached hydrogens (tertiary/aromatic N) is 2. The molecule has 32 heavy (non-hydrogen) atoms. The maximum atomic E-state index is 13.7. The van der Waals surface area contributed by atoms with Gasteiger partial charge in [-0.1, -0.05) is 36.4 Å². The molecule has 1 heterocycles. The lowest BCUT2D eigenvalue weighted by Crippen LogP contribution is -2.44. The van der Waals surface area contributed by atoms with Gasteiger partial charge in [0.05, 0.1) is 5.52 Å². The van der Waals surface area contributed by atoms with E-state index in [2.05, 4.69) is 33.0 Å². The Hall–Kier alpha value is -3.35. The van der Waals surface area contributed by atoms with Crippen LogP contribution < -0.4 is 20.9 Å². The van der Waals surface area contributed by atoms with Crippen molar-refractivity contribution in [1.82, 2.24) is 15.6 Å². The van der Waals surface area contributed by atoms with Crippen LogP contribution in [0.5, 0.6) is 0 Å². The number of amides is 2. The minimum Gasteiger partial charge on any atom is -0.377 e. The molecule has 1 fully saturated rings. The number of carbonyl (C=O) groups is 1. The SMILES string of the molecule is CN(C)c1cc(NC2CCC(NC(=O)NCc3ccccc3F)CC2)nc2ccccc12. The molecule has 1 aliphatic carbocycles. The molecular formula is C25H30FN5O. The second kappa shape index (κ2) is 9.85. The van der Waals surface area contributed by atoms with Crippen LogP contribution in [-0.2, 0) is 6.54 Å². The van der Waals surface area contributed by atoms with Crippen molar-refractivity contribution in [3.05, 3.63) is 66.0 Å². The molecule has 0 bridgehead atoms. The molecule has 0 atom stereocenters. The number of rotatable bonds is 6. The molecule has 0 saturated heterocycles. The Morgan fingerprint density at radius 2 is 1.72 bits per heavy atom. The molecule has 1 saturated carbocycles. The fourth-order valence-electron chi connectivity index (χ4n) is 4.25. The van der Waals surface area contributed by atoms with Crippen molar-refractivity contribution in [3.63, 3.8) is 0 Å². The summed E-state index contributed by atoms with van der Waals surface area (Å²) in [6, 6.07) is 16.9. The highest BCUT2D eigenvalue weighted by Gasteiger charge is 2.23. The summed E-state index contributed by atoms with van der Waals surface area (Å²) in [7, 11) is 4.08. The van der Waals surface area contributed by atoms with Crippen LogP contribution in [0.4, 0.5) is 20.7 Å². The first-order chi connectivity index (χ1) is 15.5. The molecule has 0 spiro atoms. The first-order valence-electron chi connectivity index (χ1n) is 11.1. The predicted molar refractivity (Wildman–Crippen MR) is 128 cm³/mol. The third-order valence-corrected chi connectivity index (χ3v) is 5.99. The summed E-state index contributed by atoms with van der Waals surface area (Å²) in [5.41, 5.74) is 2.60. The van der Waals surface area contributed by atoms with Gasteiger partial charge in [-0.2, -0.15) is 0 Å². The Bertz CT molecular complexity index is 1080. The van der Waals surface area contributed by atoms with Crippen molar-refractivity contribution in [3.8, 4) is 0 Å². The quantitative estimate of drug-likeness (QED) is 0.527. The van der Waals surface area contributed by atoms with E-state index in [0.717, 1.165) is 48.1 Å². The lowest BCUT2D eigenvalue weighted by Gasteiger charge is -2.30. The van der Waals surface area contributed by atoms with Gasteiger partial charge in [-0.3, -0.25) is 0 Å². The molecule has 1 aliphatic rings. The molecule has 4 rings (SSSR count). The highest BCUT2D eigenvalue weighted by Crippen LogP contribution is 2.29. The van der Waals surface area contributed by atoms with Crippen LogP contribution in [0.2, 0.25) is 0 Å². The van der Waals surface area contributed by atoms with Crippen LogP contribution in [0.3, 0.4) is 0 Å². The molecule has 0 radical (unpaired) electrons. The summed E-state index contributed by atoms with van der Waals surface area (Å²) in [6.45, 7) is 0.178. The average molecular weight is 436 g/mol. The van der Waals surface area contributed by atoms with E-state index in [-0.39, 0.29) is 24.4 Å². The molecule has 3 aromatic rings. The summed E-state index contributed by atoms with van der Waals surface area (Å²) < 4.78 is 13.7. The summed E-state index contributed by atoms with van der Waals surface area (Å²) in [4.78, 5) is 19.1. The van der Waals surface area contributed by atoms with Gasteiger partial charge in [0.2, 0.25) is 0 Å². The number of hydrogen-bond acceptors (Lipinski definition) is 4. The van der Waals surface area contributed by atoms with Crippen molar-refractivity contribution in [1.29, 1.82) is 0 Å². The van der Waals surface area contributed by atoms with E-state index in [0.29, 0.717) is 11.6 Å². The van der Waals surface area contributed by atoms with Gasteiger partial charge < -0.3 is 20.9 Å². The number of nitrogens with one attached hydrogen (secondary N) is 3. The average Bonchev–Trinajstić information content (AvgIpc) is 2.79. The number of para-hydroxylation sites is 1. The number of anilines is 2. The maximum absolute atomic E-state index is 13.7. The van der Waals surface area contributed by atoms with Crippen molar-refractivity contribution >= 4 is 28.4 Å². The molecular weight excluding hydrogens is 405 g/mol. The smallest absolute Gasteiger partial charge is 0.315 e. The standard InChI is InChI=1S/C25H30FN5O/c1-31(2)23-15-24(30-22-10-6-4-8-20(22)23)28-18-11-13-19(14-12-18)29-25(32)27-16-17-7-3-5-9-21(17)26/h3-10,15,18-19H,11-14,16H2,1-2H3,(H,28,30)(H2,27,29,32). The molecule has 3 N–H and O–H groups in total. The van der Waals surface area contributed by atoms with E-state index in [1.165, 1.54) is 6.07 Å². The van der Waals surface area contributed by atoms with Crippen LogP contribution in [0, 0.1) is 5.82 Å². The van der Waals surface area contributed by atoms with Gasteiger partial charge in [0.25, 0.3) is 0 Å². The lowest BCUT2D eigenvalue weighted by molar-refractivity contribution is 0.231. The minimum absolute atomic E-state index is 0.121. The molecule has 1 aromatic heterocycles. The zero-order valence-corrected chi connectivity index (χ0v) is 18.6. The Kier molecular flexibility index (Phi) is 6.73. The van der Waals surface area contributed by atoms with Gasteiger partial charge in [-0.15, -0.1) is 0 Å². The largest absolute Gasteiger partial charge is 0.377 e. The maximum Gasteiger partial charge on any atom is 0.315 e. The van der Waals surface area contributed by atoms with Crippen molar-refractivity contribution in [2.24, 2.45) is 0 Å². The van der Waals surface area contributed by atoms with Crippen LogP contribution >= 0.6 is 0 Å². The van der Waals surface area contributed by atoms with Gasteiger partial charge in [-0.25, -0.2) is 14.2 Å². The van der Waals surface area contributed by atoms with Gasteiger partial charge >= 0.3 is 6.03 Å². The Balaban J connectivity index is 1.29. The number of pyridine rings is 1. The van der Waals surface area contributed by atoms with E-state index in [1.54, 1.807) is 18.2 Å². The summed E-state index contributed by atoms with van der Waals surface area (Å²) in [6.07, 6.45) is 3.67. The minimum atomic E-state index is -0.306. The first kappa shape index (κ1) is 21.9. The number of aromatic nitrogens is 1. The third-order valence-electron chi connectivity index (χ3n) is 5.99. The molecule has 2 amide bonds. The first-order valence-corrected chi connectivity index (χ1v) is 11.1.